The molecule has 1 saturated carbocycles. The van der Waals surface area contributed by atoms with E-state index in [1.54, 1.807) is 0 Å². The summed E-state index contributed by atoms with van der Waals surface area (Å²) in [6.07, 6.45) is 3.50. The number of hydrogen-bond acceptors (Lipinski definition) is 3. The lowest BCUT2D eigenvalue weighted by molar-refractivity contribution is -0.143. The van der Waals surface area contributed by atoms with Crippen LogP contribution in [-0.2, 0) is 9.53 Å². The van der Waals surface area contributed by atoms with Crippen molar-refractivity contribution in [3.63, 3.8) is 0 Å². The quantitative estimate of drug-likeness (QED) is 0.736. The van der Waals surface area contributed by atoms with Crippen molar-refractivity contribution in [2.45, 2.75) is 39.2 Å². The first-order valence-corrected chi connectivity index (χ1v) is 7.14. The van der Waals surface area contributed by atoms with Gasteiger partial charge in [-0.3, -0.25) is 9.69 Å². The van der Waals surface area contributed by atoms with E-state index in [4.69, 9.17) is 4.74 Å². The summed E-state index contributed by atoms with van der Waals surface area (Å²) in [6, 6.07) is -0.264. The molecule has 1 aliphatic carbocycles. The highest BCUT2D eigenvalue weighted by atomic mass is 16.5. The third-order valence-corrected chi connectivity index (χ3v) is 4.21. The molecule has 0 spiro atoms. The molecule has 18 heavy (non-hydrogen) atoms. The van der Waals surface area contributed by atoms with E-state index in [1.807, 2.05) is 0 Å². The lowest BCUT2D eigenvalue weighted by Crippen LogP contribution is -2.41. The highest BCUT2D eigenvalue weighted by Crippen LogP contribution is 2.41. The van der Waals surface area contributed by atoms with Crippen LogP contribution < -0.4 is 0 Å². The summed E-state index contributed by atoms with van der Waals surface area (Å²) < 4.78 is 5.57. The monoisotopic (exact) mass is 255 g/mol. The van der Waals surface area contributed by atoms with E-state index in [2.05, 4.69) is 18.7 Å². The Kier molecular flexibility index (Phi) is 4.62. The molecule has 4 nitrogen and oxygen atoms in total. The molecule has 0 radical (unpaired) electrons. The van der Waals surface area contributed by atoms with Gasteiger partial charge in [0.2, 0.25) is 0 Å². The van der Waals surface area contributed by atoms with E-state index in [-0.39, 0.29) is 6.04 Å². The first-order chi connectivity index (χ1) is 8.59. The highest BCUT2D eigenvalue weighted by molar-refractivity contribution is 5.74. The maximum absolute atomic E-state index is 11.4. The van der Waals surface area contributed by atoms with Gasteiger partial charge in [0, 0.05) is 19.7 Å². The zero-order chi connectivity index (χ0) is 13.1. The summed E-state index contributed by atoms with van der Waals surface area (Å²) in [4.78, 5) is 13.5. The van der Waals surface area contributed by atoms with Crippen molar-refractivity contribution in [1.82, 2.24) is 4.90 Å². The van der Waals surface area contributed by atoms with Crippen molar-refractivity contribution >= 4 is 5.97 Å². The fourth-order valence-corrected chi connectivity index (χ4v) is 3.46. The number of likely N-dealkylation sites (tertiary alicyclic amines) is 1. The van der Waals surface area contributed by atoms with Crippen LogP contribution in [-0.4, -0.2) is 48.3 Å². The summed E-state index contributed by atoms with van der Waals surface area (Å²) in [5, 5.41) is 9.39. The second-order valence-electron chi connectivity index (χ2n) is 6.10. The Balaban J connectivity index is 1.82. The van der Waals surface area contributed by atoms with Gasteiger partial charge >= 0.3 is 5.97 Å². The van der Waals surface area contributed by atoms with Crippen LogP contribution >= 0.6 is 0 Å². The van der Waals surface area contributed by atoms with Crippen LogP contribution in [0.4, 0.5) is 0 Å². The van der Waals surface area contributed by atoms with Gasteiger partial charge in [-0.2, -0.15) is 0 Å². The normalized spacial score (nSPS) is 32.1. The van der Waals surface area contributed by atoms with Crippen LogP contribution in [0.5, 0.6) is 0 Å². The second kappa shape index (κ2) is 6.02. The molecule has 0 aromatic carbocycles. The van der Waals surface area contributed by atoms with Gasteiger partial charge in [-0.15, -0.1) is 0 Å². The number of aliphatic carboxylic acids is 1. The number of carboxylic acids is 1. The molecule has 0 bridgehead atoms. The minimum absolute atomic E-state index is 0.264. The molecule has 2 fully saturated rings. The van der Waals surface area contributed by atoms with Gasteiger partial charge in [0.1, 0.15) is 6.04 Å². The van der Waals surface area contributed by atoms with Crippen molar-refractivity contribution < 1.29 is 14.6 Å². The van der Waals surface area contributed by atoms with Gasteiger partial charge in [-0.25, -0.2) is 0 Å². The average molecular weight is 255 g/mol. The topological polar surface area (TPSA) is 49.8 Å². The summed E-state index contributed by atoms with van der Waals surface area (Å²) in [5.74, 6) is 0.885. The van der Waals surface area contributed by atoms with Crippen LogP contribution in [0, 0.1) is 17.8 Å². The van der Waals surface area contributed by atoms with Crippen molar-refractivity contribution in [3.8, 4) is 0 Å². The Morgan fingerprint density at radius 1 is 1.44 bits per heavy atom. The molecule has 3 atom stereocenters. The summed E-state index contributed by atoms with van der Waals surface area (Å²) >= 11 is 0. The average Bonchev–Trinajstić information content (AvgIpc) is 2.82. The highest BCUT2D eigenvalue weighted by Gasteiger charge is 2.47. The predicted octanol–water partition coefficient (Wildman–Crippen LogP) is 1.84. The smallest absolute Gasteiger partial charge is 0.321 e. The van der Waals surface area contributed by atoms with Gasteiger partial charge in [0.05, 0.1) is 6.61 Å². The van der Waals surface area contributed by atoms with E-state index in [9.17, 15) is 9.90 Å². The van der Waals surface area contributed by atoms with Crippen molar-refractivity contribution in [3.05, 3.63) is 0 Å². The zero-order valence-electron chi connectivity index (χ0n) is 11.5. The predicted molar refractivity (Wildman–Crippen MR) is 69.5 cm³/mol. The summed E-state index contributed by atoms with van der Waals surface area (Å²) in [6.45, 7) is 7.38. The maximum atomic E-state index is 11.4. The Labute approximate surface area is 109 Å². The van der Waals surface area contributed by atoms with E-state index in [1.165, 1.54) is 12.8 Å². The van der Waals surface area contributed by atoms with Crippen LogP contribution in [0.25, 0.3) is 0 Å². The molecule has 1 N–H and O–H groups in total. The van der Waals surface area contributed by atoms with Crippen LogP contribution in [0.2, 0.25) is 0 Å². The Morgan fingerprint density at radius 2 is 2.22 bits per heavy atom. The van der Waals surface area contributed by atoms with Gasteiger partial charge in [-0.05, 0) is 30.6 Å². The number of rotatable bonds is 6. The fourth-order valence-electron chi connectivity index (χ4n) is 3.46. The Hall–Kier alpha value is -0.610. The molecule has 3 unspecified atom stereocenters. The molecule has 1 saturated heterocycles. The number of hydrogen-bond donors (Lipinski definition) is 1. The van der Waals surface area contributed by atoms with Crippen LogP contribution in [0.1, 0.15) is 33.1 Å². The molecule has 0 aromatic heterocycles. The lowest BCUT2D eigenvalue weighted by Gasteiger charge is -2.24. The Morgan fingerprint density at radius 3 is 2.89 bits per heavy atom. The van der Waals surface area contributed by atoms with Crippen molar-refractivity contribution in [2.24, 2.45) is 17.8 Å². The second-order valence-corrected chi connectivity index (χ2v) is 6.10. The molecule has 2 rings (SSSR count). The van der Waals surface area contributed by atoms with E-state index >= 15 is 0 Å². The van der Waals surface area contributed by atoms with E-state index in [0.717, 1.165) is 26.1 Å². The first kappa shape index (κ1) is 13.8. The van der Waals surface area contributed by atoms with Crippen LogP contribution in [0.3, 0.4) is 0 Å². The first-order valence-electron chi connectivity index (χ1n) is 7.14. The van der Waals surface area contributed by atoms with Crippen molar-refractivity contribution in [2.75, 3.05) is 26.3 Å². The Bertz CT molecular complexity index is 293. The number of ether oxygens (including phenoxy) is 1. The van der Waals surface area contributed by atoms with Crippen LogP contribution in [0.15, 0.2) is 0 Å². The SMILES string of the molecule is CC(C)COCCN1CC2CCCC2C1C(=O)O. The van der Waals surface area contributed by atoms with Crippen molar-refractivity contribution in [1.29, 1.82) is 0 Å². The molecule has 2 aliphatic rings. The minimum atomic E-state index is -0.645. The molecule has 0 aromatic rings. The number of fused-ring (bicyclic) bond motifs is 1. The molecule has 1 heterocycles. The third kappa shape index (κ3) is 3.04. The lowest BCUT2D eigenvalue weighted by atomic mass is 9.94. The summed E-state index contributed by atoms with van der Waals surface area (Å²) in [5.41, 5.74) is 0. The third-order valence-electron chi connectivity index (χ3n) is 4.21. The number of carboxylic acid groups (broad SMARTS) is 1. The zero-order valence-corrected chi connectivity index (χ0v) is 11.5. The van der Waals surface area contributed by atoms with Gasteiger partial charge in [0.25, 0.3) is 0 Å². The van der Waals surface area contributed by atoms with Gasteiger partial charge in [-0.1, -0.05) is 20.3 Å². The van der Waals surface area contributed by atoms with Gasteiger partial charge in [0.15, 0.2) is 0 Å². The number of carbonyl (C=O) groups is 1. The molecule has 1 aliphatic heterocycles. The molecule has 104 valence electrons. The molecule has 0 amide bonds. The molecule has 4 heteroatoms. The minimum Gasteiger partial charge on any atom is -0.480 e. The van der Waals surface area contributed by atoms with E-state index < -0.39 is 5.97 Å². The van der Waals surface area contributed by atoms with Gasteiger partial charge < -0.3 is 9.84 Å². The van der Waals surface area contributed by atoms with E-state index in [0.29, 0.717) is 24.4 Å². The standard InChI is InChI=1S/C14H25NO3/c1-10(2)9-18-7-6-15-8-11-4-3-5-12(11)13(15)14(16)17/h10-13H,3-9H2,1-2H3,(H,16,17). The maximum Gasteiger partial charge on any atom is 0.321 e. The molecular formula is C14H25NO3. The summed E-state index contributed by atoms with van der Waals surface area (Å²) in [7, 11) is 0. The number of nitrogens with zero attached hydrogens (tertiary/aromatic N) is 1. The molecular weight excluding hydrogens is 230 g/mol. The largest absolute Gasteiger partial charge is 0.480 e. The fraction of sp³-hybridized carbons (Fsp3) is 0.929.